The van der Waals surface area contributed by atoms with Crippen molar-refractivity contribution < 1.29 is 9.90 Å². The van der Waals surface area contributed by atoms with E-state index in [4.69, 9.17) is 5.73 Å². The molecule has 2 rings (SSSR count). The Morgan fingerprint density at radius 3 is 2.60 bits per heavy atom. The number of aryl methyl sites for hydroxylation is 1. The number of nitrogens with two attached hydrogens (primary N) is 1. The largest absolute Gasteiger partial charge is 0.399 e. The second kappa shape index (κ2) is 6.21. The van der Waals surface area contributed by atoms with Crippen molar-refractivity contribution in [2.75, 3.05) is 12.3 Å². The van der Waals surface area contributed by atoms with Gasteiger partial charge < -0.3 is 16.2 Å². The van der Waals surface area contributed by atoms with E-state index in [0.717, 1.165) is 11.1 Å². The predicted molar refractivity (Wildman–Crippen MR) is 79.3 cm³/mol. The average molecular weight is 270 g/mol. The molecule has 0 aromatic heterocycles. The minimum absolute atomic E-state index is 0.156. The lowest BCUT2D eigenvalue weighted by Crippen LogP contribution is -2.31. The van der Waals surface area contributed by atoms with Crippen LogP contribution in [0.1, 0.15) is 27.5 Å². The lowest BCUT2D eigenvalue weighted by atomic mass is 10.0. The van der Waals surface area contributed by atoms with Gasteiger partial charge in [-0.3, -0.25) is 4.79 Å². The van der Waals surface area contributed by atoms with E-state index < -0.39 is 6.04 Å². The quantitative estimate of drug-likeness (QED) is 0.744. The second-order valence-electron chi connectivity index (χ2n) is 4.69. The average Bonchev–Trinajstić information content (AvgIpc) is 2.48. The molecule has 1 amide bonds. The van der Waals surface area contributed by atoms with Crippen molar-refractivity contribution in [1.82, 2.24) is 5.32 Å². The zero-order chi connectivity index (χ0) is 14.5. The molecule has 0 radical (unpaired) electrons. The molecule has 0 spiro atoms. The van der Waals surface area contributed by atoms with Crippen LogP contribution < -0.4 is 11.1 Å². The molecule has 2 aromatic rings. The number of benzene rings is 2. The Hall–Kier alpha value is -2.33. The molecule has 0 aliphatic rings. The van der Waals surface area contributed by atoms with E-state index in [1.54, 1.807) is 18.2 Å². The van der Waals surface area contributed by atoms with E-state index in [2.05, 4.69) is 5.32 Å². The van der Waals surface area contributed by atoms with E-state index in [0.29, 0.717) is 11.3 Å². The third-order valence-electron chi connectivity index (χ3n) is 3.20. The first kappa shape index (κ1) is 14.1. The van der Waals surface area contributed by atoms with Crippen LogP contribution in [0.15, 0.2) is 48.5 Å². The highest BCUT2D eigenvalue weighted by Gasteiger charge is 2.16. The summed E-state index contributed by atoms with van der Waals surface area (Å²) in [5, 5.41) is 12.3. The molecular weight excluding hydrogens is 252 g/mol. The third kappa shape index (κ3) is 3.16. The first-order valence-electron chi connectivity index (χ1n) is 6.44. The van der Waals surface area contributed by atoms with E-state index in [9.17, 15) is 9.90 Å². The van der Waals surface area contributed by atoms with Crippen LogP contribution in [-0.4, -0.2) is 17.6 Å². The summed E-state index contributed by atoms with van der Waals surface area (Å²) < 4.78 is 0. The fraction of sp³-hybridized carbons (Fsp3) is 0.188. The molecule has 0 heterocycles. The highest BCUT2D eigenvalue weighted by molar-refractivity contribution is 5.96. The molecule has 0 aliphatic heterocycles. The number of amides is 1. The number of aliphatic hydroxyl groups is 1. The van der Waals surface area contributed by atoms with Crippen LogP contribution in [0.5, 0.6) is 0 Å². The Morgan fingerprint density at radius 2 is 1.95 bits per heavy atom. The number of rotatable bonds is 4. The van der Waals surface area contributed by atoms with Crippen molar-refractivity contribution in [1.29, 1.82) is 0 Å². The summed E-state index contributed by atoms with van der Waals surface area (Å²) in [7, 11) is 0. The molecule has 0 saturated heterocycles. The van der Waals surface area contributed by atoms with Gasteiger partial charge in [-0.2, -0.15) is 0 Å². The number of anilines is 1. The number of aliphatic hydroxyl groups excluding tert-OH is 1. The summed E-state index contributed by atoms with van der Waals surface area (Å²) in [4.78, 5) is 12.3. The third-order valence-corrected chi connectivity index (χ3v) is 3.20. The van der Waals surface area contributed by atoms with Crippen LogP contribution >= 0.6 is 0 Å². The van der Waals surface area contributed by atoms with Gasteiger partial charge in [-0.1, -0.05) is 36.4 Å². The van der Waals surface area contributed by atoms with E-state index in [1.165, 1.54) is 0 Å². The summed E-state index contributed by atoms with van der Waals surface area (Å²) in [6, 6.07) is 14.1. The molecule has 20 heavy (non-hydrogen) atoms. The van der Waals surface area contributed by atoms with Crippen LogP contribution in [0, 0.1) is 6.92 Å². The molecular formula is C16H18N2O2. The molecule has 4 N–H and O–H groups in total. The normalized spacial score (nSPS) is 11.9. The van der Waals surface area contributed by atoms with Gasteiger partial charge in [0.1, 0.15) is 0 Å². The van der Waals surface area contributed by atoms with Crippen LogP contribution in [0.3, 0.4) is 0 Å². The summed E-state index contributed by atoms with van der Waals surface area (Å²) in [6.45, 7) is 1.70. The molecule has 2 aromatic carbocycles. The van der Waals surface area contributed by atoms with E-state index in [1.807, 2.05) is 37.3 Å². The van der Waals surface area contributed by atoms with Gasteiger partial charge in [0, 0.05) is 11.3 Å². The highest BCUT2D eigenvalue weighted by atomic mass is 16.3. The van der Waals surface area contributed by atoms with Crippen molar-refractivity contribution in [2.45, 2.75) is 13.0 Å². The predicted octanol–water partition coefficient (Wildman–Crippen LogP) is 2.04. The number of hydrogen-bond donors (Lipinski definition) is 3. The fourth-order valence-corrected chi connectivity index (χ4v) is 2.04. The van der Waals surface area contributed by atoms with Gasteiger partial charge in [0.2, 0.25) is 0 Å². The topological polar surface area (TPSA) is 75.4 Å². The Bertz CT molecular complexity index is 597. The number of carbonyl (C=O) groups is 1. The fourth-order valence-electron chi connectivity index (χ4n) is 2.04. The minimum Gasteiger partial charge on any atom is -0.399 e. The van der Waals surface area contributed by atoms with Gasteiger partial charge >= 0.3 is 0 Å². The molecule has 104 valence electrons. The Morgan fingerprint density at radius 1 is 1.25 bits per heavy atom. The van der Waals surface area contributed by atoms with Crippen LogP contribution in [0.4, 0.5) is 5.69 Å². The Labute approximate surface area is 118 Å². The lowest BCUT2D eigenvalue weighted by Gasteiger charge is -2.17. The molecule has 0 fully saturated rings. The molecule has 0 aliphatic carbocycles. The molecule has 0 saturated carbocycles. The molecule has 4 heteroatoms. The number of carbonyl (C=O) groups excluding carboxylic acids is 1. The van der Waals surface area contributed by atoms with Crippen molar-refractivity contribution in [3.8, 4) is 0 Å². The summed E-state index contributed by atoms with van der Waals surface area (Å²) in [6.07, 6.45) is 0. The number of hydrogen-bond acceptors (Lipinski definition) is 3. The second-order valence-corrected chi connectivity index (χ2v) is 4.69. The number of nitrogen functional groups attached to an aromatic ring is 1. The van der Waals surface area contributed by atoms with Gasteiger partial charge in [-0.05, 0) is 30.2 Å². The SMILES string of the molecule is Cc1ccc(N)cc1C(=O)N[C@H](CO)c1ccccc1. The molecule has 0 bridgehead atoms. The van der Waals surface area contributed by atoms with Gasteiger partial charge in [0.15, 0.2) is 0 Å². The zero-order valence-corrected chi connectivity index (χ0v) is 11.3. The first-order chi connectivity index (χ1) is 9.61. The molecule has 1 atom stereocenters. The maximum atomic E-state index is 12.3. The van der Waals surface area contributed by atoms with Gasteiger partial charge in [-0.25, -0.2) is 0 Å². The van der Waals surface area contributed by atoms with Crippen LogP contribution in [0.2, 0.25) is 0 Å². The maximum absolute atomic E-state index is 12.3. The van der Waals surface area contributed by atoms with Gasteiger partial charge in [0.25, 0.3) is 5.91 Å². The van der Waals surface area contributed by atoms with Crippen molar-refractivity contribution in [2.24, 2.45) is 0 Å². The van der Waals surface area contributed by atoms with Crippen molar-refractivity contribution in [3.63, 3.8) is 0 Å². The smallest absolute Gasteiger partial charge is 0.252 e. The van der Waals surface area contributed by atoms with E-state index >= 15 is 0 Å². The lowest BCUT2D eigenvalue weighted by molar-refractivity contribution is 0.0915. The standard InChI is InChI=1S/C16H18N2O2/c1-11-7-8-13(17)9-14(11)16(20)18-15(10-19)12-5-3-2-4-6-12/h2-9,15,19H,10,17H2,1H3,(H,18,20)/t15-/m1/s1. The van der Waals surface area contributed by atoms with Crippen molar-refractivity contribution in [3.05, 3.63) is 65.2 Å². The van der Waals surface area contributed by atoms with Crippen LogP contribution in [0.25, 0.3) is 0 Å². The summed E-state index contributed by atoms with van der Waals surface area (Å²) in [5.74, 6) is -0.238. The Kier molecular flexibility index (Phi) is 4.38. The summed E-state index contributed by atoms with van der Waals surface area (Å²) >= 11 is 0. The Balaban J connectivity index is 2.20. The minimum atomic E-state index is -0.426. The first-order valence-corrected chi connectivity index (χ1v) is 6.44. The molecule has 0 unspecified atom stereocenters. The summed E-state index contributed by atoms with van der Waals surface area (Å²) in [5.41, 5.74) is 8.49. The van der Waals surface area contributed by atoms with Gasteiger partial charge in [-0.15, -0.1) is 0 Å². The molecule has 4 nitrogen and oxygen atoms in total. The van der Waals surface area contributed by atoms with Gasteiger partial charge in [0.05, 0.1) is 12.6 Å². The maximum Gasteiger partial charge on any atom is 0.252 e. The highest BCUT2D eigenvalue weighted by Crippen LogP contribution is 2.16. The van der Waals surface area contributed by atoms with E-state index in [-0.39, 0.29) is 12.5 Å². The zero-order valence-electron chi connectivity index (χ0n) is 11.3. The van der Waals surface area contributed by atoms with Crippen LogP contribution in [-0.2, 0) is 0 Å². The van der Waals surface area contributed by atoms with Crippen molar-refractivity contribution >= 4 is 11.6 Å². The number of nitrogens with one attached hydrogen (secondary N) is 1. The monoisotopic (exact) mass is 270 g/mol.